The molecule has 0 saturated heterocycles. The fourth-order valence-electron chi connectivity index (χ4n) is 1.79. The molecule has 0 spiro atoms. The van der Waals surface area contributed by atoms with Crippen molar-refractivity contribution in [2.24, 2.45) is 0 Å². The molecule has 0 aliphatic carbocycles. The van der Waals surface area contributed by atoms with Gasteiger partial charge >= 0.3 is 5.97 Å². The zero-order valence-corrected chi connectivity index (χ0v) is 11.6. The van der Waals surface area contributed by atoms with Crippen molar-refractivity contribution in [3.05, 3.63) is 0 Å². The second-order valence-corrected chi connectivity index (χ2v) is 4.85. The van der Waals surface area contributed by atoms with Crippen molar-refractivity contribution >= 4 is 5.97 Å². The van der Waals surface area contributed by atoms with Crippen LogP contribution in [0.25, 0.3) is 0 Å². The lowest BCUT2D eigenvalue weighted by molar-refractivity contribution is -0.137. The number of carboxylic acids is 1. The molecular formula is C13H28N2O2. The average molecular weight is 244 g/mol. The summed E-state index contributed by atoms with van der Waals surface area (Å²) < 4.78 is 0. The number of hydrogen-bond acceptors (Lipinski definition) is 3. The maximum atomic E-state index is 10.6. The number of nitrogens with zero attached hydrogens (tertiary/aromatic N) is 2. The molecule has 0 saturated carbocycles. The van der Waals surface area contributed by atoms with E-state index in [4.69, 9.17) is 5.11 Å². The summed E-state index contributed by atoms with van der Waals surface area (Å²) in [7, 11) is 4.14. The third-order valence-corrected chi connectivity index (χ3v) is 2.80. The van der Waals surface area contributed by atoms with Crippen LogP contribution in [0, 0.1) is 0 Å². The number of rotatable bonds is 11. The smallest absolute Gasteiger partial charge is 0.304 e. The average Bonchev–Trinajstić information content (AvgIpc) is 2.24. The molecule has 0 aliphatic rings. The molecule has 0 rings (SSSR count). The predicted octanol–water partition coefficient (Wildman–Crippen LogP) is 1.91. The normalized spacial score (nSPS) is 11.4. The first kappa shape index (κ1) is 16.4. The second kappa shape index (κ2) is 10.5. The Morgan fingerprint density at radius 2 is 1.65 bits per heavy atom. The van der Waals surface area contributed by atoms with E-state index in [0.717, 1.165) is 26.1 Å². The molecule has 0 radical (unpaired) electrons. The van der Waals surface area contributed by atoms with E-state index >= 15 is 0 Å². The van der Waals surface area contributed by atoms with E-state index in [0.29, 0.717) is 6.54 Å². The van der Waals surface area contributed by atoms with Gasteiger partial charge in [-0.05, 0) is 46.6 Å². The molecule has 1 N–H and O–H groups in total. The van der Waals surface area contributed by atoms with E-state index in [-0.39, 0.29) is 6.42 Å². The van der Waals surface area contributed by atoms with Crippen molar-refractivity contribution in [1.82, 2.24) is 9.80 Å². The quantitative estimate of drug-likeness (QED) is 0.564. The Kier molecular flexibility index (Phi) is 10.2. The van der Waals surface area contributed by atoms with Crippen LogP contribution >= 0.6 is 0 Å². The lowest BCUT2D eigenvalue weighted by Crippen LogP contribution is -2.30. The van der Waals surface area contributed by atoms with Crippen molar-refractivity contribution in [2.45, 2.75) is 39.0 Å². The highest BCUT2D eigenvalue weighted by atomic mass is 16.4. The number of hydrogen-bond donors (Lipinski definition) is 1. The molecule has 0 amide bonds. The maximum absolute atomic E-state index is 10.6. The monoisotopic (exact) mass is 244 g/mol. The zero-order chi connectivity index (χ0) is 13.1. The van der Waals surface area contributed by atoms with E-state index in [1.807, 2.05) is 0 Å². The highest BCUT2D eigenvalue weighted by Gasteiger charge is 2.07. The molecule has 0 aromatic heterocycles. The molecule has 0 aromatic carbocycles. The van der Waals surface area contributed by atoms with Gasteiger partial charge in [-0.1, -0.05) is 19.8 Å². The fourth-order valence-corrected chi connectivity index (χ4v) is 1.79. The maximum Gasteiger partial charge on any atom is 0.304 e. The summed E-state index contributed by atoms with van der Waals surface area (Å²) >= 11 is 0. The molecule has 4 nitrogen and oxygen atoms in total. The summed E-state index contributed by atoms with van der Waals surface area (Å²) in [5, 5.41) is 8.71. The number of unbranched alkanes of at least 4 members (excludes halogenated alkanes) is 2. The summed E-state index contributed by atoms with van der Waals surface area (Å²) in [4.78, 5) is 15.0. The van der Waals surface area contributed by atoms with Crippen molar-refractivity contribution in [3.8, 4) is 0 Å². The molecule has 102 valence electrons. The van der Waals surface area contributed by atoms with Crippen molar-refractivity contribution < 1.29 is 9.90 Å². The van der Waals surface area contributed by atoms with Crippen LogP contribution in [0.4, 0.5) is 0 Å². The van der Waals surface area contributed by atoms with Crippen LogP contribution in [-0.4, -0.2) is 61.2 Å². The molecular weight excluding hydrogens is 216 g/mol. The van der Waals surface area contributed by atoms with Crippen LogP contribution in [0.5, 0.6) is 0 Å². The van der Waals surface area contributed by atoms with E-state index in [1.165, 1.54) is 19.3 Å². The van der Waals surface area contributed by atoms with Gasteiger partial charge in [0.2, 0.25) is 0 Å². The van der Waals surface area contributed by atoms with E-state index in [2.05, 4.69) is 30.8 Å². The largest absolute Gasteiger partial charge is 0.481 e. The Morgan fingerprint density at radius 1 is 1.00 bits per heavy atom. The van der Waals surface area contributed by atoms with Crippen LogP contribution < -0.4 is 0 Å². The van der Waals surface area contributed by atoms with Crippen molar-refractivity contribution in [2.75, 3.05) is 40.3 Å². The number of carbonyl (C=O) groups is 1. The van der Waals surface area contributed by atoms with Crippen LogP contribution in [0.2, 0.25) is 0 Å². The molecule has 0 atom stereocenters. The highest BCUT2D eigenvalue weighted by Crippen LogP contribution is 2.01. The Morgan fingerprint density at radius 3 is 2.18 bits per heavy atom. The van der Waals surface area contributed by atoms with E-state index in [1.54, 1.807) is 0 Å². The molecule has 4 heteroatoms. The van der Waals surface area contributed by atoms with Crippen LogP contribution in [0.3, 0.4) is 0 Å². The number of carboxylic acid groups (broad SMARTS) is 1. The first-order valence-electron chi connectivity index (χ1n) is 6.65. The Labute approximate surface area is 106 Å². The predicted molar refractivity (Wildman–Crippen MR) is 71.4 cm³/mol. The topological polar surface area (TPSA) is 43.8 Å². The van der Waals surface area contributed by atoms with Gasteiger partial charge in [0.1, 0.15) is 0 Å². The lowest BCUT2D eigenvalue weighted by Gasteiger charge is -2.22. The fraction of sp³-hybridized carbons (Fsp3) is 0.923. The summed E-state index contributed by atoms with van der Waals surface area (Å²) in [6.07, 6.45) is 4.99. The second-order valence-electron chi connectivity index (χ2n) is 4.85. The molecule has 0 heterocycles. The molecule has 17 heavy (non-hydrogen) atoms. The molecule has 0 unspecified atom stereocenters. The molecule has 0 fully saturated rings. The zero-order valence-electron chi connectivity index (χ0n) is 11.6. The number of aliphatic carboxylic acids is 1. The van der Waals surface area contributed by atoms with E-state index < -0.39 is 5.97 Å². The van der Waals surface area contributed by atoms with Gasteiger partial charge in [0, 0.05) is 6.54 Å². The SMILES string of the molecule is CCCCCN(CCCN(C)C)CCC(=O)O. The van der Waals surface area contributed by atoms with Crippen molar-refractivity contribution in [3.63, 3.8) is 0 Å². The van der Waals surface area contributed by atoms with Gasteiger partial charge in [-0.15, -0.1) is 0 Å². The van der Waals surface area contributed by atoms with Gasteiger partial charge in [-0.25, -0.2) is 0 Å². The van der Waals surface area contributed by atoms with Crippen LogP contribution in [0.15, 0.2) is 0 Å². The van der Waals surface area contributed by atoms with Gasteiger partial charge in [-0.3, -0.25) is 4.79 Å². The first-order chi connectivity index (χ1) is 8.06. The standard InChI is InChI=1S/C13H28N2O2/c1-4-5-6-10-15(12-8-13(16)17)11-7-9-14(2)3/h4-12H2,1-3H3,(H,16,17). The molecule has 0 aliphatic heterocycles. The minimum absolute atomic E-state index is 0.258. The van der Waals surface area contributed by atoms with Crippen molar-refractivity contribution in [1.29, 1.82) is 0 Å². The summed E-state index contributed by atoms with van der Waals surface area (Å²) in [6, 6.07) is 0. The van der Waals surface area contributed by atoms with Gasteiger partial charge in [0.15, 0.2) is 0 Å². The summed E-state index contributed by atoms with van der Waals surface area (Å²) in [6.45, 7) is 5.99. The van der Waals surface area contributed by atoms with Gasteiger partial charge in [0.05, 0.1) is 6.42 Å². The van der Waals surface area contributed by atoms with Gasteiger partial charge in [-0.2, -0.15) is 0 Å². The third-order valence-electron chi connectivity index (χ3n) is 2.80. The highest BCUT2D eigenvalue weighted by molar-refractivity contribution is 5.66. The molecule has 0 aromatic rings. The summed E-state index contributed by atoms with van der Waals surface area (Å²) in [5.41, 5.74) is 0. The molecule has 0 bridgehead atoms. The Bertz CT molecular complexity index is 196. The first-order valence-corrected chi connectivity index (χ1v) is 6.65. The van der Waals surface area contributed by atoms with Gasteiger partial charge in [0.25, 0.3) is 0 Å². The van der Waals surface area contributed by atoms with Gasteiger partial charge < -0.3 is 14.9 Å². The van der Waals surface area contributed by atoms with Crippen LogP contribution in [0.1, 0.15) is 39.0 Å². The van der Waals surface area contributed by atoms with Crippen LogP contribution in [-0.2, 0) is 4.79 Å². The third kappa shape index (κ3) is 11.6. The lowest BCUT2D eigenvalue weighted by atomic mass is 10.2. The Balaban J connectivity index is 3.79. The minimum atomic E-state index is -0.696. The summed E-state index contributed by atoms with van der Waals surface area (Å²) in [5.74, 6) is -0.696. The Hall–Kier alpha value is -0.610. The minimum Gasteiger partial charge on any atom is -0.481 e. The van der Waals surface area contributed by atoms with E-state index in [9.17, 15) is 4.79 Å².